The molecule has 0 amide bonds. The minimum atomic E-state index is -0.00850. The molecule has 0 N–H and O–H groups in total. The zero-order chi connectivity index (χ0) is 8.97. The molecule has 0 bridgehead atoms. The van der Waals surface area contributed by atoms with Gasteiger partial charge in [0.25, 0.3) is 0 Å². The van der Waals surface area contributed by atoms with Crippen molar-refractivity contribution in [3.8, 4) is 0 Å². The van der Waals surface area contributed by atoms with Crippen LogP contribution in [-0.4, -0.2) is 32.0 Å². The van der Waals surface area contributed by atoms with Crippen molar-refractivity contribution in [1.82, 2.24) is 0 Å². The Bertz CT molecular complexity index is 268. The first kappa shape index (κ1) is 10.2. The molecule has 0 saturated heterocycles. The van der Waals surface area contributed by atoms with Crippen molar-refractivity contribution >= 4 is 46.2 Å². The van der Waals surface area contributed by atoms with Crippen LogP contribution in [0.2, 0.25) is 4.97 Å². The summed E-state index contributed by atoms with van der Waals surface area (Å²) >= 11 is 3.14. The predicted molar refractivity (Wildman–Crippen MR) is 55.8 cm³/mol. The molecule has 12 heavy (non-hydrogen) atoms. The van der Waals surface area contributed by atoms with Gasteiger partial charge in [-0.1, -0.05) is 0 Å². The van der Waals surface area contributed by atoms with E-state index in [0.29, 0.717) is 5.33 Å². The van der Waals surface area contributed by atoms with E-state index in [9.17, 15) is 4.79 Å². The second kappa shape index (κ2) is 5.01. The Morgan fingerprint density at radius 2 is 2.00 bits per heavy atom. The molecule has 1 aromatic carbocycles. The SMILES string of the molecule is C[Te]c1ccc(C(=O)CBr)cc1. The fourth-order valence-electron chi connectivity index (χ4n) is 0.854. The molecule has 1 nitrogen and oxygen atoms in total. The zero-order valence-corrected chi connectivity index (χ0v) is 10.6. The Morgan fingerprint density at radius 1 is 1.42 bits per heavy atom. The monoisotopic (exact) mass is 342 g/mol. The van der Waals surface area contributed by atoms with Crippen LogP contribution in [0.5, 0.6) is 0 Å². The van der Waals surface area contributed by atoms with Gasteiger partial charge in [0.2, 0.25) is 0 Å². The van der Waals surface area contributed by atoms with Gasteiger partial charge in [0, 0.05) is 0 Å². The van der Waals surface area contributed by atoms with Gasteiger partial charge in [0.05, 0.1) is 0 Å². The fraction of sp³-hybridized carbons (Fsp3) is 0.222. The molecule has 1 aromatic rings. The van der Waals surface area contributed by atoms with Crippen molar-refractivity contribution in [1.29, 1.82) is 0 Å². The van der Waals surface area contributed by atoms with Crippen LogP contribution in [0.4, 0.5) is 0 Å². The van der Waals surface area contributed by atoms with Crippen LogP contribution in [-0.2, 0) is 0 Å². The molecule has 0 spiro atoms. The number of halogens is 1. The summed E-state index contributed by atoms with van der Waals surface area (Å²) in [5.41, 5.74) is 0.802. The number of alkyl halides is 1. The third kappa shape index (κ3) is 2.58. The summed E-state index contributed by atoms with van der Waals surface area (Å²) in [5, 5.41) is 0.412. The zero-order valence-electron chi connectivity index (χ0n) is 6.71. The van der Waals surface area contributed by atoms with E-state index in [2.05, 4.69) is 33.0 Å². The van der Waals surface area contributed by atoms with Crippen molar-refractivity contribution in [2.45, 2.75) is 4.97 Å². The molecule has 0 aliphatic heterocycles. The number of hydrogen-bond acceptors (Lipinski definition) is 1. The topological polar surface area (TPSA) is 17.1 Å². The number of carbonyl (C=O) groups is 1. The molecule has 0 atom stereocenters. The second-order valence-corrected chi connectivity index (χ2v) is 5.36. The summed E-state index contributed by atoms with van der Waals surface area (Å²) in [6.07, 6.45) is 0. The quantitative estimate of drug-likeness (QED) is 0.464. The first-order valence-corrected chi connectivity index (χ1v) is 8.13. The number of carbonyl (C=O) groups excluding carboxylic acids is 1. The Labute approximate surface area is 90.8 Å². The molecule has 1 rings (SSSR count). The summed E-state index contributed by atoms with van der Waals surface area (Å²) in [6, 6.07) is 7.93. The summed E-state index contributed by atoms with van der Waals surface area (Å²) in [7, 11) is 0. The minimum absolute atomic E-state index is 0.00850. The molecule has 64 valence electrons. The maximum atomic E-state index is 11.2. The third-order valence-corrected chi connectivity index (χ3v) is 4.16. The molecule has 0 aliphatic rings. The standard InChI is InChI=1S/C9H9BrOTe/c1-12-8-4-2-7(3-5-8)9(11)6-10/h2-5H,6H2,1H3. The van der Waals surface area contributed by atoms with Crippen LogP contribution in [0.15, 0.2) is 24.3 Å². The summed E-state index contributed by atoms with van der Waals surface area (Å²) < 4.78 is 1.39. The first-order valence-electron chi connectivity index (χ1n) is 3.51. The van der Waals surface area contributed by atoms with Gasteiger partial charge >= 0.3 is 91.2 Å². The van der Waals surface area contributed by atoms with Crippen LogP contribution >= 0.6 is 15.9 Å². The Balaban J connectivity index is 2.84. The molecule has 0 fully saturated rings. The van der Waals surface area contributed by atoms with Crippen LogP contribution < -0.4 is 3.61 Å². The van der Waals surface area contributed by atoms with Gasteiger partial charge in [-0.05, 0) is 0 Å². The number of ketones is 1. The molecule has 3 heteroatoms. The van der Waals surface area contributed by atoms with Crippen LogP contribution in [0.1, 0.15) is 10.4 Å². The molecular formula is C9H9BrOTe. The van der Waals surface area contributed by atoms with Gasteiger partial charge in [-0.2, -0.15) is 0 Å². The van der Waals surface area contributed by atoms with Gasteiger partial charge in [-0.3, -0.25) is 0 Å². The van der Waals surface area contributed by atoms with Crippen molar-refractivity contribution in [2.75, 3.05) is 5.33 Å². The average Bonchev–Trinajstić information content (AvgIpc) is 2.17. The van der Waals surface area contributed by atoms with Crippen LogP contribution in [0, 0.1) is 0 Å². The van der Waals surface area contributed by atoms with E-state index < -0.39 is 0 Å². The van der Waals surface area contributed by atoms with Crippen LogP contribution in [0.3, 0.4) is 0 Å². The van der Waals surface area contributed by atoms with E-state index in [0.717, 1.165) is 5.56 Å². The number of hydrogen-bond donors (Lipinski definition) is 0. The van der Waals surface area contributed by atoms with Crippen molar-refractivity contribution in [2.24, 2.45) is 0 Å². The Kier molecular flexibility index (Phi) is 4.28. The van der Waals surface area contributed by atoms with Crippen LogP contribution in [0.25, 0.3) is 0 Å². The van der Waals surface area contributed by atoms with E-state index in [4.69, 9.17) is 0 Å². The van der Waals surface area contributed by atoms with Gasteiger partial charge < -0.3 is 0 Å². The van der Waals surface area contributed by atoms with Gasteiger partial charge in [-0.25, -0.2) is 0 Å². The molecule has 0 aliphatic carbocycles. The van der Waals surface area contributed by atoms with Crippen molar-refractivity contribution in [3.63, 3.8) is 0 Å². The number of benzene rings is 1. The van der Waals surface area contributed by atoms with E-state index >= 15 is 0 Å². The second-order valence-electron chi connectivity index (χ2n) is 2.29. The molecule has 0 heterocycles. The van der Waals surface area contributed by atoms with Gasteiger partial charge in [-0.15, -0.1) is 0 Å². The molecule has 0 radical (unpaired) electrons. The van der Waals surface area contributed by atoms with Gasteiger partial charge in [0.1, 0.15) is 0 Å². The van der Waals surface area contributed by atoms with E-state index in [1.807, 2.05) is 12.1 Å². The molecule has 0 aromatic heterocycles. The van der Waals surface area contributed by atoms with Gasteiger partial charge in [0.15, 0.2) is 0 Å². The number of Topliss-reactive ketones (excluding diaryl/α,β-unsaturated/α-hetero) is 1. The Morgan fingerprint density at radius 3 is 2.42 bits per heavy atom. The Hall–Kier alpha value is 0.160. The van der Waals surface area contributed by atoms with Crippen molar-refractivity contribution < 1.29 is 4.79 Å². The maximum absolute atomic E-state index is 11.2. The average molecular weight is 341 g/mol. The third-order valence-electron chi connectivity index (χ3n) is 1.53. The molecule has 0 saturated carbocycles. The number of rotatable bonds is 3. The normalized spacial score (nSPS) is 9.83. The van der Waals surface area contributed by atoms with E-state index in [1.54, 1.807) is 0 Å². The predicted octanol–water partition coefficient (Wildman–Crippen LogP) is 1.64. The molecule has 0 unspecified atom stereocenters. The van der Waals surface area contributed by atoms with Crippen molar-refractivity contribution in [3.05, 3.63) is 29.8 Å². The first-order chi connectivity index (χ1) is 5.77. The molecular weight excluding hydrogens is 332 g/mol. The summed E-state index contributed by atoms with van der Waals surface area (Å²) in [5.74, 6) is 0.151. The summed E-state index contributed by atoms with van der Waals surface area (Å²) in [4.78, 5) is 13.4. The summed E-state index contributed by atoms with van der Waals surface area (Å²) in [6.45, 7) is 0. The van der Waals surface area contributed by atoms with E-state index in [-0.39, 0.29) is 26.7 Å². The fourth-order valence-corrected chi connectivity index (χ4v) is 2.34. The van der Waals surface area contributed by atoms with E-state index in [1.165, 1.54) is 3.61 Å².